The molecule has 1 saturated heterocycles. The molecule has 3 N–H and O–H groups in total. The molecular weight excluding hydrogens is 484 g/mol. The van der Waals surface area contributed by atoms with Crippen molar-refractivity contribution < 1.29 is 23.9 Å². The van der Waals surface area contributed by atoms with Crippen LogP contribution in [0.3, 0.4) is 0 Å². The number of urea groups is 1. The van der Waals surface area contributed by atoms with Crippen molar-refractivity contribution in [3.63, 3.8) is 0 Å². The van der Waals surface area contributed by atoms with Gasteiger partial charge in [-0.05, 0) is 55.0 Å². The third kappa shape index (κ3) is 8.08. The van der Waals surface area contributed by atoms with E-state index in [2.05, 4.69) is 32.5 Å². The summed E-state index contributed by atoms with van der Waals surface area (Å²) in [6, 6.07) is 16.2. The Hall–Kier alpha value is -3.84. The Morgan fingerprint density at radius 1 is 1.05 bits per heavy atom. The molecule has 1 fully saturated rings. The number of carbonyl (C=O) groups excluding carboxylic acids is 1. The minimum atomic E-state index is -0.584. The van der Waals surface area contributed by atoms with E-state index in [9.17, 15) is 9.90 Å². The first-order valence-corrected chi connectivity index (χ1v) is 12.7. The number of nitrogens with one attached hydrogen (secondary N) is 2. The second-order valence-corrected chi connectivity index (χ2v) is 9.71. The maximum atomic E-state index is 12.3. The van der Waals surface area contributed by atoms with Gasteiger partial charge in [0.25, 0.3) is 0 Å². The van der Waals surface area contributed by atoms with Gasteiger partial charge in [0.1, 0.15) is 11.5 Å². The molecule has 0 spiro atoms. The van der Waals surface area contributed by atoms with Gasteiger partial charge in [0.05, 0.1) is 26.4 Å². The van der Waals surface area contributed by atoms with E-state index in [1.165, 1.54) is 0 Å². The molecule has 0 saturated carbocycles. The lowest BCUT2D eigenvalue weighted by Crippen LogP contribution is -2.37. The standard InChI is InChI=1S/C29H34N4O5/c1-29(2,21-34)26-20-27(32-38-26)31-28(35)30-24-10-6-22(7-11-24)4-5-23-8-12-25(13-9-23)37-17-3-14-33-15-18-36-19-16-33/h6-13,20,34H,3,14-19,21H2,1-2H3,(H2,30,31,32,35). The summed E-state index contributed by atoms with van der Waals surface area (Å²) >= 11 is 0. The number of rotatable bonds is 9. The first-order chi connectivity index (χ1) is 18.4. The predicted molar refractivity (Wildman–Crippen MR) is 145 cm³/mol. The summed E-state index contributed by atoms with van der Waals surface area (Å²) in [5.41, 5.74) is 1.75. The van der Waals surface area contributed by atoms with Crippen LogP contribution in [0.5, 0.6) is 5.75 Å². The van der Waals surface area contributed by atoms with Crippen LogP contribution in [0.25, 0.3) is 0 Å². The number of carbonyl (C=O) groups is 1. The van der Waals surface area contributed by atoms with E-state index in [1.807, 2.05) is 50.2 Å². The molecule has 1 aliphatic rings. The molecule has 0 unspecified atom stereocenters. The highest BCUT2D eigenvalue weighted by molar-refractivity contribution is 5.99. The Morgan fingerprint density at radius 2 is 1.71 bits per heavy atom. The molecule has 38 heavy (non-hydrogen) atoms. The average molecular weight is 519 g/mol. The van der Waals surface area contributed by atoms with E-state index >= 15 is 0 Å². The van der Waals surface area contributed by atoms with Gasteiger partial charge in [0.2, 0.25) is 0 Å². The Labute approximate surface area is 223 Å². The zero-order valence-electron chi connectivity index (χ0n) is 21.8. The van der Waals surface area contributed by atoms with Crippen LogP contribution in [-0.4, -0.2) is 67.3 Å². The summed E-state index contributed by atoms with van der Waals surface area (Å²) in [6.07, 6.45) is 0.984. The van der Waals surface area contributed by atoms with E-state index in [0.717, 1.165) is 56.1 Å². The quantitative estimate of drug-likeness (QED) is 0.289. The number of anilines is 2. The number of nitrogens with zero attached hydrogens (tertiary/aromatic N) is 2. The molecule has 9 nitrogen and oxygen atoms in total. The van der Waals surface area contributed by atoms with E-state index < -0.39 is 11.4 Å². The maximum absolute atomic E-state index is 12.3. The summed E-state index contributed by atoms with van der Waals surface area (Å²) in [5.74, 6) is 7.88. The molecule has 0 bridgehead atoms. The SMILES string of the molecule is CC(C)(CO)c1cc(NC(=O)Nc2ccc(C#Cc3ccc(OCCCN4CCOCC4)cc3)cc2)no1. The van der Waals surface area contributed by atoms with Crippen LogP contribution < -0.4 is 15.4 Å². The Balaban J connectivity index is 1.21. The van der Waals surface area contributed by atoms with E-state index in [0.29, 0.717) is 18.1 Å². The first-order valence-electron chi connectivity index (χ1n) is 12.7. The number of ether oxygens (including phenoxy) is 2. The van der Waals surface area contributed by atoms with Gasteiger partial charge in [-0.1, -0.05) is 30.8 Å². The number of aromatic nitrogens is 1. The molecular formula is C29H34N4O5. The molecule has 0 aliphatic carbocycles. The van der Waals surface area contributed by atoms with E-state index in [-0.39, 0.29) is 12.4 Å². The van der Waals surface area contributed by atoms with E-state index in [4.69, 9.17) is 14.0 Å². The highest BCUT2D eigenvalue weighted by Gasteiger charge is 2.25. The normalized spacial score (nSPS) is 13.9. The second-order valence-electron chi connectivity index (χ2n) is 9.71. The summed E-state index contributed by atoms with van der Waals surface area (Å²) in [7, 11) is 0. The van der Waals surface area contributed by atoms with Gasteiger partial charge in [0, 0.05) is 47.9 Å². The Bertz CT molecular complexity index is 1240. The molecule has 1 aliphatic heterocycles. The van der Waals surface area contributed by atoms with Gasteiger partial charge >= 0.3 is 6.03 Å². The molecule has 0 atom stereocenters. The van der Waals surface area contributed by atoms with Crippen molar-refractivity contribution in [2.24, 2.45) is 0 Å². The summed E-state index contributed by atoms with van der Waals surface area (Å²) in [6.45, 7) is 8.88. The largest absolute Gasteiger partial charge is 0.494 e. The third-order valence-electron chi connectivity index (χ3n) is 6.15. The van der Waals surface area contributed by atoms with Crippen LogP contribution in [0.15, 0.2) is 59.1 Å². The number of morpholine rings is 1. The fourth-order valence-electron chi connectivity index (χ4n) is 3.73. The van der Waals surface area contributed by atoms with Crippen molar-refractivity contribution in [1.82, 2.24) is 10.1 Å². The highest BCUT2D eigenvalue weighted by Crippen LogP contribution is 2.24. The maximum Gasteiger partial charge on any atom is 0.324 e. The number of hydrogen-bond acceptors (Lipinski definition) is 7. The van der Waals surface area contributed by atoms with Gasteiger partial charge in [0.15, 0.2) is 5.82 Å². The topological polar surface area (TPSA) is 109 Å². The lowest BCUT2D eigenvalue weighted by molar-refractivity contribution is 0.0358. The second kappa shape index (κ2) is 13.1. The molecule has 2 aromatic carbocycles. The minimum Gasteiger partial charge on any atom is -0.494 e. The summed E-state index contributed by atoms with van der Waals surface area (Å²) in [4.78, 5) is 14.7. The van der Waals surface area contributed by atoms with Crippen LogP contribution in [-0.2, 0) is 10.2 Å². The fourth-order valence-corrected chi connectivity index (χ4v) is 3.73. The molecule has 3 aromatic rings. The number of benzene rings is 2. The lowest BCUT2D eigenvalue weighted by atomic mass is 9.92. The van der Waals surface area contributed by atoms with Gasteiger partial charge in [-0.3, -0.25) is 10.2 Å². The number of amides is 2. The smallest absolute Gasteiger partial charge is 0.324 e. The van der Waals surface area contributed by atoms with Crippen molar-refractivity contribution in [3.8, 4) is 17.6 Å². The van der Waals surface area contributed by atoms with Gasteiger partial charge in [-0.15, -0.1) is 0 Å². The number of aliphatic hydroxyl groups is 1. The van der Waals surface area contributed by atoms with Gasteiger partial charge in [-0.2, -0.15) is 0 Å². The van der Waals surface area contributed by atoms with Crippen molar-refractivity contribution in [2.45, 2.75) is 25.7 Å². The summed E-state index contributed by atoms with van der Waals surface area (Å²) < 4.78 is 16.4. The molecule has 1 aromatic heterocycles. The van der Waals surface area contributed by atoms with E-state index in [1.54, 1.807) is 18.2 Å². The van der Waals surface area contributed by atoms with Crippen LogP contribution >= 0.6 is 0 Å². The Kier molecular flexibility index (Phi) is 9.38. The zero-order chi connectivity index (χ0) is 26.8. The third-order valence-corrected chi connectivity index (χ3v) is 6.15. The first kappa shape index (κ1) is 27.2. The average Bonchev–Trinajstić information content (AvgIpc) is 3.41. The van der Waals surface area contributed by atoms with Gasteiger partial charge < -0.3 is 24.4 Å². The number of hydrogen-bond donors (Lipinski definition) is 3. The monoisotopic (exact) mass is 518 g/mol. The van der Waals surface area contributed by atoms with Crippen molar-refractivity contribution in [2.75, 3.05) is 56.7 Å². The molecule has 2 heterocycles. The predicted octanol–water partition coefficient (Wildman–Crippen LogP) is 4.09. The fraction of sp³-hybridized carbons (Fsp3) is 0.379. The number of aliphatic hydroxyl groups excluding tert-OH is 1. The molecule has 4 rings (SSSR count). The molecule has 2 amide bonds. The van der Waals surface area contributed by atoms with Crippen molar-refractivity contribution in [3.05, 3.63) is 71.5 Å². The van der Waals surface area contributed by atoms with Crippen LogP contribution in [0.4, 0.5) is 16.3 Å². The summed E-state index contributed by atoms with van der Waals surface area (Å²) in [5, 5.41) is 18.6. The van der Waals surface area contributed by atoms with Crippen LogP contribution in [0.2, 0.25) is 0 Å². The molecule has 9 heteroatoms. The highest BCUT2D eigenvalue weighted by atomic mass is 16.5. The van der Waals surface area contributed by atoms with Crippen molar-refractivity contribution in [1.29, 1.82) is 0 Å². The molecule has 0 radical (unpaired) electrons. The van der Waals surface area contributed by atoms with Crippen LogP contribution in [0, 0.1) is 11.8 Å². The molecule has 200 valence electrons. The van der Waals surface area contributed by atoms with Gasteiger partial charge in [-0.25, -0.2) is 4.79 Å². The zero-order valence-corrected chi connectivity index (χ0v) is 21.8. The van der Waals surface area contributed by atoms with Crippen molar-refractivity contribution >= 4 is 17.5 Å². The minimum absolute atomic E-state index is 0.0984. The van der Waals surface area contributed by atoms with Crippen LogP contribution in [0.1, 0.15) is 37.2 Å². The Morgan fingerprint density at radius 3 is 2.37 bits per heavy atom. The lowest BCUT2D eigenvalue weighted by Gasteiger charge is -2.26.